The lowest BCUT2D eigenvalue weighted by atomic mass is 10.1. The molecule has 1 aromatic heterocycles. The van der Waals surface area contributed by atoms with Crippen molar-refractivity contribution < 1.29 is 9.53 Å². The second kappa shape index (κ2) is 8.36. The minimum atomic E-state index is -0.382. The Morgan fingerprint density at radius 2 is 1.81 bits per heavy atom. The van der Waals surface area contributed by atoms with Gasteiger partial charge in [-0.1, -0.05) is 41.4 Å². The van der Waals surface area contributed by atoms with Crippen molar-refractivity contribution in [1.29, 1.82) is 0 Å². The first-order valence-electron chi connectivity index (χ1n) is 7.97. The smallest absolute Gasteiger partial charge is 0.258 e. The van der Waals surface area contributed by atoms with Crippen molar-refractivity contribution in [2.75, 3.05) is 30.9 Å². The van der Waals surface area contributed by atoms with Crippen LogP contribution in [0.2, 0.25) is 10.0 Å². The average molecular weight is 390 g/mol. The third-order valence-electron chi connectivity index (χ3n) is 3.83. The van der Waals surface area contributed by atoms with Crippen molar-refractivity contribution in [3.05, 3.63) is 64.3 Å². The Hall–Kier alpha value is -2.34. The van der Waals surface area contributed by atoms with Gasteiger partial charge in [-0.2, -0.15) is 0 Å². The third-order valence-corrected chi connectivity index (χ3v) is 4.46. The first-order chi connectivity index (χ1) is 12.6. The summed E-state index contributed by atoms with van der Waals surface area (Å²) < 4.78 is 5.06. The van der Waals surface area contributed by atoms with Gasteiger partial charge in [0.2, 0.25) is 0 Å². The Kier molecular flexibility index (Phi) is 5.93. The maximum Gasteiger partial charge on any atom is 0.258 e. The molecular formula is C19H17Cl2N3O2. The predicted molar refractivity (Wildman–Crippen MR) is 107 cm³/mol. The molecule has 0 aliphatic heterocycles. The van der Waals surface area contributed by atoms with E-state index in [1.807, 2.05) is 18.2 Å². The maximum absolute atomic E-state index is 12.7. The van der Waals surface area contributed by atoms with E-state index in [1.165, 1.54) is 0 Å². The van der Waals surface area contributed by atoms with Gasteiger partial charge in [0, 0.05) is 30.9 Å². The van der Waals surface area contributed by atoms with Crippen LogP contribution in [0, 0.1) is 0 Å². The summed E-state index contributed by atoms with van der Waals surface area (Å²) in [6.45, 7) is 1.26. The molecule has 1 amide bonds. The van der Waals surface area contributed by atoms with E-state index in [1.54, 1.807) is 37.6 Å². The molecule has 0 aliphatic rings. The highest BCUT2D eigenvalue weighted by Gasteiger charge is 2.16. The van der Waals surface area contributed by atoms with Crippen LogP contribution in [0.3, 0.4) is 0 Å². The summed E-state index contributed by atoms with van der Waals surface area (Å²) in [4.78, 5) is 17.1. The number of carbonyl (C=O) groups excluding carboxylic acids is 1. The minimum Gasteiger partial charge on any atom is -0.383 e. The fraction of sp³-hybridized carbons (Fsp3) is 0.158. The van der Waals surface area contributed by atoms with Gasteiger partial charge in [-0.05, 0) is 24.3 Å². The van der Waals surface area contributed by atoms with Gasteiger partial charge in [0.15, 0.2) is 0 Å². The van der Waals surface area contributed by atoms with E-state index >= 15 is 0 Å². The zero-order chi connectivity index (χ0) is 18.5. The number of aromatic nitrogens is 1. The SMILES string of the molecule is COCCNc1ccnc2c(NC(=O)c3c(Cl)cccc3Cl)cccc12. The third kappa shape index (κ3) is 3.90. The summed E-state index contributed by atoms with van der Waals surface area (Å²) in [6.07, 6.45) is 1.69. The molecule has 0 aliphatic carbocycles. The average Bonchev–Trinajstić information content (AvgIpc) is 2.62. The number of anilines is 2. The molecule has 0 saturated heterocycles. The molecule has 134 valence electrons. The Bertz CT molecular complexity index is 927. The van der Waals surface area contributed by atoms with E-state index in [-0.39, 0.29) is 11.5 Å². The summed E-state index contributed by atoms with van der Waals surface area (Å²) in [5.74, 6) is -0.382. The highest BCUT2D eigenvalue weighted by atomic mass is 35.5. The Labute approximate surface area is 161 Å². The molecule has 2 aromatic carbocycles. The van der Waals surface area contributed by atoms with Crippen LogP contribution in [-0.4, -0.2) is 31.2 Å². The number of nitrogens with one attached hydrogen (secondary N) is 2. The van der Waals surface area contributed by atoms with E-state index in [0.29, 0.717) is 34.4 Å². The number of hydrogen-bond acceptors (Lipinski definition) is 4. The first kappa shape index (κ1) is 18.5. The molecule has 7 heteroatoms. The summed E-state index contributed by atoms with van der Waals surface area (Å²) in [5.41, 5.74) is 2.41. The number of rotatable bonds is 6. The second-order valence-corrected chi connectivity index (χ2v) is 6.35. The topological polar surface area (TPSA) is 63.2 Å². The number of nitrogens with zero attached hydrogens (tertiary/aromatic N) is 1. The van der Waals surface area contributed by atoms with Gasteiger partial charge in [0.1, 0.15) is 0 Å². The van der Waals surface area contributed by atoms with E-state index in [2.05, 4.69) is 15.6 Å². The Balaban J connectivity index is 1.93. The number of para-hydroxylation sites is 1. The number of amides is 1. The van der Waals surface area contributed by atoms with Gasteiger partial charge in [0.05, 0.1) is 33.4 Å². The van der Waals surface area contributed by atoms with Crippen LogP contribution in [0.1, 0.15) is 10.4 Å². The number of carbonyl (C=O) groups is 1. The Morgan fingerprint density at radius 1 is 1.08 bits per heavy atom. The number of hydrogen-bond donors (Lipinski definition) is 2. The van der Waals surface area contributed by atoms with Crippen LogP contribution >= 0.6 is 23.2 Å². The number of fused-ring (bicyclic) bond motifs is 1. The number of benzene rings is 2. The van der Waals surface area contributed by atoms with Crippen LogP contribution in [0.5, 0.6) is 0 Å². The molecule has 0 bridgehead atoms. The zero-order valence-electron chi connectivity index (χ0n) is 14.1. The van der Waals surface area contributed by atoms with Crippen LogP contribution in [0.4, 0.5) is 11.4 Å². The van der Waals surface area contributed by atoms with Gasteiger partial charge in [0.25, 0.3) is 5.91 Å². The highest BCUT2D eigenvalue weighted by Crippen LogP contribution is 2.29. The van der Waals surface area contributed by atoms with Gasteiger partial charge in [-0.15, -0.1) is 0 Å². The van der Waals surface area contributed by atoms with Gasteiger partial charge >= 0.3 is 0 Å². The van der Waals surface area contributed by atoms with E-state index in [0.717, 1.165) is 11.1 Å². The fourth-order valence-electron chi connectivity index (χ4n) is 2.62. The van der Waals surface area contributed by atoms with Crippen LogP contribution in [0.15, 0.2) is 48.7 Å². The van der Waals surface area contributed by atoms with Gasteiger partial charge < -0.3 is 15.4 Å². The Morgan fingerprint density at radius 3 is 2.54 bits per heavy atom. The van der Waals surface area contributed by atoms with Crippen molar-refractivity contribution in [3.63, 3.8) is 0 Å². The highest BCUT2D eigenvalue weighted by molar-refractivity contribution is 6.40. The largest absolute Gasteiger partial charge is 0.383 e. The monoisotopic (exact) mass is 389 g/mol. The number of ether oxygens (including phenoxy) is 1. The lowest BCUT2D eigenvalue weighted by Gasteiger charge is -2.13. The molecule has 3 aromatic rings. The van der Waals surface area contributed by atoms with Crippen LogP contribution < -0.4 is 10.6 Å². The van der Waals surface area contributed by atoms with Crippen LogP contribution in [-0.2, 0) is 4.74 Å². The normalized spacial score (nSPS) is 10.7. The lowest BCUT2D eigenvalue weighted by molar-refractivity contribution is 0.102. The molecule has 0 spiro atoms. The van der Waals surface area contributed by atoms with E-state index in [4.69, 9.17) is 27.9 Å². The molecule has 2 N–H and O–H groups in total. The molecule has 5 nitrogen and oxygen atoms in total. The molecule has 26 heavy (non-hydrogen) atoms. The summed E-state index contributed by atoms with van der Waals surface area (Å²) in [5, 5.41) is 7.64. The summed E-state index contributed by atoms with van der Waals surface area (Å²) in [7, 11) is 1.65. The second-order valence-electron chi connectivity index (χ2n) is 5.53. The quantitative estimate of drug-likeness (QED) is 0.591. The molecular weight excluding hydrogens is 373 g/mol. The number of pyridine rings is 1. The standard InChI is InChI=1S/C19H17Cl2N3O2/c1-26-11-10-22-15-8-9-23-18-12(15)4-2-7-16(18)24-19(25)17-13(20)5-3-6-14(17)21/h2-9H,10-11H2,1H3,(H,22,23)(H,24,25). The molecule has 0 fully saturated rings. The van der Waals surface area contributed by atoms with E-state index < -0.39 is 0 Å². The maximum atomic E-state index is 12.7. The van der Waals surface area contributed by atoms with Crippen molar-refractivity contribution in [2.45, 2.75) is 0 Å². The minimum absolute atomic E-state index is 0.238. The molecule has 0 unspecified atom stereocenters. The molecule has 3 rings (SSSR count). The number of methoxy groups -OCH3 is 1. The van der Waals surface area contributed by atoms with Crippen molar-refractivity contribution in [3.8, 4) is 0 Å². The molecule has 0 saturated carbocycles. The van der Waals surface area contributed by atoms with Gasteiger partial charge in [-0.3, -0.25) is 9.78 Å². The van der Waals surface area contributed by atoms with Crippen molar-refractivity contribution >= 4 is 51.4 Å². The zero-order valence-corrected chi connectivity index (χ0v) is 15.6. The molecule has 0 atom stereocenters. The summed E-state index contributed by atoms with van der Waals surface area (Å²) >= 11 is 12.2. The molecule has 0 radical (unpaired) electrons. The summed E-state index contributed by atoms with van der Waals surface area (Å²) in [6, 6.07) is 12.4. The molecule has 1 heterocycles. The first-order valence-corrected chi connectivity index (χ1v) is 8.73. The number of halogens is 2. The lowest BCUT2D eigenvalue weighted by Crippen LogP contribution is -2.14. The van der Waals surface area contributed by atoms with E-state index in [9.17, 15) is 4.79 Å². The predicted octanol–water partition coefficient (Wildman–Crippen LogP) is 4.85. The van der Waals surface area contributed by atoms with Crippen LogP contribution in [0.25, 0.3) is 10.9 Å². The fourth-order valence-corrected chi connectivity index (χ4v) is 3.19. The van der Waals surface area contributed by atoms with Crippen molar-refractivity contribution in [2.24, 2.45) is 0 Å². The van der Waals surface area contributed by atoms with Gasteiger partial charge in [-0.25, -0.2) is 0 Å². The van der Waals surface area contributed by atoms with Crippen molar-refractivity contribution in [1.82, 2.24) is 4.98 Å².